The van der Waals surface area contributed by atoms with Gasteiger partial charge < -0.3 is 10.2 Å². The molecule has 0 bridgehead atoms. The summed E-state index contributed by atoms with van der Waals surface area (Å²) in [6.45, 7) is 1.83. The summed E-state index contributed by atoms with van der Waals surface area (Å²) in [5.74, 6) is -1.12. The number of aromatic nitrogens is 1. The molecule has 1 aromatic heterocycles. The summed E-state index contributed by atoms with van der Waals surface area (Å²) in [6.07, 6.45) is 4.62. The molecule has 2 aromatic rings. The molecule has 0 atom stereocenters. The molecule has 0 aliphatic carbocycles. The highest BCUT2D eigenvalue weighted by molar-refractivity contribution is 6.03. The summed E-state index contributed by atoms with van der Waals surface area (Å²) in [6, 6.07) is 8.11. The topological polar surface area (TPSA) is 45.2 Å². The molecule has 0 spiro atoms. The maximum Gasteiger partial charge on any atom is 0.274 e. The van der Waals surface area contributed by atoms with Gasteiger partial charge in [-0.1, -0.05) is 18.9 Å². The van der Waals surface area contributed by atoms with Gasteiger partial charge >= 0.3 is 0 Å². The molecule has 126 valence electrons. The molecule has 4 nitrogen and oxygen atoms in total. The standard InChI is InChI=1S/C18H19F2N3O/c19-13-8-9-14(20)16(12-13)22-18(24)15-6-5-7-17(21-15)23-10-3-1-2-4-11-23/h5-9,12H,1-4,10-11H2,(H,22,24). The first kappa shape index (κ1) is 16.4. The van der Waals surface area contributed by atoms with Crippen LogP contribution in [0, 0.1) is 11.6 Å². The van der Waals surface area contributed by atoms with E-state index in [1.165, 1.54) is 12.8 Å². The zero-order chi connectivity index (χ0) is 16.9. The molecule has 1 amide bonds. The van der Waals surface area contributed by atoms with Crippen molar-refractivity contribution in [3.8, 4) is 0 Å². The highest BCUT2D eigenvalue weighted by atomic mass is 19.1. The van der Waals surface area contributed by atoms with Crippen molar-refractivity contribution < 1.29 is 13.6 Å². The molecule has 0 unspecified atom stereocenters. The predicted molar refractivity (Wildman–Crippen MR) is 89.2 cm³/mol. The molecular weight excluding hydrogens is 312 g/mol. The highest BCUT2D eigenvalue weighted by Gasteiger charge is 2.15. The maximum atomic E-state index is 13.7. The van der Waals surface area contributed by atoms with E-state index in [-0.39, 0.29) is 11.4 Å². The second-order valence-electron chi connectivity index (χ2n) is 5.86. The largest absolute Gasteiger partial charge is 0.357 e. The van der Waals surface area contributed by atoms with Crippen LogP contribution in [0.15, 0.2) is 36.4 Å². The first-order chi connectivity index (χ1) is 11.6. The van der Waals surface area contributed by atoms with Crippen LogP contribution in [0.2, 0.25) is 0 Å². The Morgan fingerprint density at radius 1 is 1.04 bits per heavy atom. The van der Waals surface area contributed by atoms with E-state index in [0.717, 1.165) is 49.9 Å². The maximum absolute atomic E-state index is 13.7. The van der Waals surface area contributed by atoms with E-state index in [2.05, 4.69) is 15.2 Å². The number of benzene rings is 1. The number of nitrogens with zero attached hydrogens (tertiary/aromatic N) is 2. The molecule has 1 saturated heterocycles. The molecule has 6 heteroatoms. The van der Waals surface area contributed by atoms with Crippen LogP contribution in [0.4, 0.5) is 20.3 Å². The van der Waals surface area contributed by atoms with Crippen LogP contribution in [0.25, 0.3) is 0 Å². The number of pyridine rings is 1. The summed E-state index contributed by atoms with van der Waals surface area (Å²) >= 11 is 0. The molecule has 0 saturated carbocycles. The molecule has 1 fully saturated rings. The molecule has 1 aliphatic heterocycles. The van der Waals surface area contributed by atoms with Crippen LogP contribution in [-0.4, -0.2) is 24.0 Å². The van der Waals surface area contributed by atoms with Crippen molar-refractivity contribution >= 4 is 17.4 Å². The third kappa shape index (κ3) is 3.88. The lowest BCUT2D eigenvalue weighted by molar-refractivity contribution is 0.102. The van der Waals surface area contributed by atoms with Gasteiger partial charge in [0.1, 0.15) is 23.1 Å². The number of anilines is 2. The van der Waals surface area contributed by atoms with Gasteiger partial charge in [0.25, 0.3) is 5.91 Å². The number of amides is 1. The predicted octanol–water partition coefficient (Wildman–Crippen LogP) is 3.99. The Hall–Kier alpha value is -2.50. The Labute approximate surface area is 139 Å². The second kappa shape index (κ2) is 7.38. The van der Waals surface area contributed by atoms with Gasteiger partial charge in [-0.3, -0.25) is 4.79 Å². The van der Waals surface area contributed by atoms with Crippen LogP contribution in [-0.2, 0) is 0 Å². The smallest absolute Gasteiger partial charge is 0.274 e. The van der Waals surface area contributed by atoms with Crippen LogP contribution in [0.3, 0.4) is 0 Å². The molecule has 1 N–H and O–H groups in total. The van der Waals surface area contributed by atoms with E-state index in [4.69, 9.17) is 0 Å². The first-order valence-corrected chi connectivity index (χ1v) is 8.12. The number of hydrogen-bond donors (Lipinski definition) is 1. The van der Waals surface area contributed by atoms with Crippen molar-refractivity contribution in [2.24, 2.45) is 0 Å². The van der Waals surface area contributed by atoms with E-state index < -0.39 is 17.5 Å². The van der Waals surface area contributed by atoms with Gasteiger partial charge in [0.05, 0.1) is 5.69 Å². The summed E-state index contributed by atoms with van der Waals surface area (Å²) in [4.78, 5) is 18.8. The molecule has 1 aliphatic rings. The fourth-order valence-corrected chi connectivity index (χ4v) is 2.81. The van der Waals surface area contributed by atoms with Gasteiger partial charge in [-0.2, -0.15) is 0 Å². The molecular formula is C18H19F2N3O. The third-order valence-corrected chi connectivity index (χ3v) is 4.07. The lowest BCUT2D eigenvalue weighted by Crippen LogP contribution is -2.26. The Morgan fingerprint density at radius 3 is 2.54 bits per heavy atom. The number of rotatable bonds is 3. The van der Waals surface area contributed by atoms with Crippen LogP contribution in [0.5, 0.6) is 0 Å². The van der Waals surface area contributed by atoms with Crippen LogP contribution < -0.4 is 10.2 Å². The van der Waals surface area contributed by atoms with E-state index in [0.29, 0.717) is 0 Å². The second-order valence-corrected chi connectivity index (χ2v) is 5.86. The van der Waals surface area contributed by atoms with Gasteiger partial charge in [-0.05, 0) is 37.1 Å². The van der Waals surface area contributed by atoms with E-state index in [9.17, 15) is 13.6 Å². The summed E-state index contributed by atoms with van der Waals surface area (Å²) in [5.41, 5.74) is -0.0117. The summed E-state index contributed by atoms with van der Waals surface area (Å²) in [7, 11) is 0. The number of halogens is 2. The lowest BCUT2D eigenvalue weighted by Gasteiger charge is -2.21. The molecule has 2 heterocycles. The lowest BCUT2D eigenvalue weighted by atomic mass is 10.2. The minimum absolute atomic E-state index is 0.181. The number of hydrogen-bond acceptors (Lipinski definition) is 3. The quantitative estimate of drug-likeness (QED) is 0.925. The third-order valence-electron chi connectivity index (χ3n) is 4.07. The number of carbonyl (C=O) groups excluding carboxylic acids is 1. The van der Waals surface area contributed by atoms with Crippen LogP contribution in [0.1, 0.15) is 36.2 Å². The van der Waals surface area contributed by atoms with Crippen molar-refractivity contribution in [2.75, 3.05) is 23.3 Å². The zero-order valence-electron chi connectivity index (χ0n) is 13.3. The Morgan fingerprint density at radius 2 is 1.79 bits per heavy atom. The molecule has 3 rings (SSSR count). The van der Waals surface area contributed by atoms with Crippen molar-refractivity contribution in [3.05, 3.63) is 53.7 Å². The van der Waals surface area contributed by atoms with Crippen molar-refractivity contribution in [1.29, 1.82) is 0 Å². The van der Waals surface area contributed by atoms with Gasteiger partial charge in [0.2, 0.25) is 0 Å². The Kier molecular flexibility index (Phi) is 5.03. The number of carbonyl (C=O) groups is 1. The highest BCUT2D eigenvalue weighted by Crippen LogP contribution is 2.19. The monoisotopic (exact) mass is 331 g/mol. The fourth-order valence-electron chi connectivity index (χ4n) is 2.81. The van der Waals surface area contributed by atoms with Gasteiger partial charge in [0.15, 0.2) is 0 Å². The first-order valence-electron chi connectivity index (χ1n) is 8.12. The fraction of sp³-hybridized carbons (Fsp3) is 0.333. The van der Waals surface area contributed by atoms with Crippen molar-refractivity contribution in [3.63, 3.8) is 0 Å². The molecule has 0 radical (unpaired) electrons. The normalized spacial score (nSPS) is 15.0. The van der Waals surface area contributed by atoms with Crippen LogP contribution >= 0.6 is 0 Å². The Bertz CT molecular complexity index is 728. The summed E-state index contributed by atoms with van der Waals surface area (Å²) in [5, 5.41) is 2.37. The minimum Gasteiger partial charge on any atom is -0.357 e. The van der Waals surface area contributed by atoms with Crippen molar-refractivity contribution in [2.45, 2.75) is 25.7 Å². The average molecular weight is 331 g/mol. The number of nitrogens with one attached hydrogen (secondary N) is 1. The van der Waals surface area contributed by atoms with Gasteiger partial charge in [-0.15, -0.1) is 0 Å². The molecule has 1 aromatic carbocycles. The average Bonchev–Trinajstić information content (AvgIpc) is 2.87. The zero-order valence-corrected chi connectivity index (χ0v) is 13.3. The summed E-state index contributed by atoms with van der Waals surface area (Å²) < 4.78 is 26.9. The SMILES string of the molecule is O=C(Nc1cc(F)ccc1F)c1cccc(N2CCCCCC2)n1. The minimum atomic E-state index is -0.687. The van der Waals surface area contributed by atoms with Gasteiger partial charge in [-0.25, -0.2) is 13.8 Å². The van der Waals surface area contributed by atoms with E-state index in [1.54, 1.807) is 12.1 Å². The van der Waals surface area contributed by atoms with E-state index >= 15 is 0 Å². The van der Waals surface area contributed by atoms with Gasteiger partial charge in [0, 0.05) is 19.2 Å². The Balaban J connectivity index is 1.77. The van der Waals surface area contributed by atoms with E-state index in [1.807, 2.05) is 6.07 Å². The van der Waals surface area contributed by atoms with Crippen molar-refractivity contribution in [1.82, 2.24) is 4.98 Å². The molecule has 24 heavy (non-hydrogen) atoms.